The van der Waals surface area contributed by atoms with Crippen LogP contribution >= 0.6 is 15.9 Å². The summed E-state index contributed by atoms with van der Waals surface area (Å²) in [6, 6.07) is 0.109. The van der Waals surface area contributed by atoms with Gasteiger partial charge in [-0.25, -0.2) is 28.4 Å². The van der Waals surface area contributed by atoms with Gasteiger partial charge in [0, 0.05) is 12.3 Å². The van der Waals surface area contributed by atoms with E-state index in [1.54, 1.807) is 0 Å². The van der Waals surface area contributed by atoms with E-state index in [1.165, 1.54) is 6.20 Å². The quantitative estimate of drug-likeness (QED) is 0.343. The number of hydrazine groups is 1. The molecule has 4 N–H and O–H groups in total. The molecule has 0 saturated carbocycles. The fraction of sp³-hybridized carbons (Fsp3) is 0. The molecule has 10 heteroatoms. The molecule has 0 aliphatic heterocycles. The third kappa shape index (κ3) is 2.65. The van der Waals surface area contributed by atoms with Crippen LogP contribution in [0.25, 0.3) is 0 Å². The van der Waals surface area contributed by atoms with Crippen molar-refractivity contribution < 1.29 is 17.6 Å². The molecule has 0 aliphatic carbocycles. The molecule has 0 spiro atoms. The molecule has 106 valence electrons. The number of nitrogens with two attached hydrogens (primary N) is 1. The second kappa shape index (κ2) is 5.59. The Morgan fingerprint density at radius 3 is 2.25 bits per heavy atom. The summed E-state index contributed by atoms with van der Waals surface area (Å²) in [4.78, 5) is 7.45. The highest BCUT2D eigenvalue weighted by Crippen LogP contribution is 2.29. The summed E-state index contributed by atoms with van der Waals surface area (Å²) in [5, 5.41) is 2.14. The molecule has 0 fully saturated rings. The Bertz CT molecular complexity index is 640. The molecule has 1 aromatic heterocycles. The molecule has 0 radical (unpaired) electrons. The van der Waals surface area contributed by atoms with Gasteiger partial charge in [-0.05, 0) is 15.9 Å². The van der Waals surface area contributed by atoms with Crippen LogP contribution in [0.4, 0.5) is 35.0 Å². The van der Waals surface area contributed by atoms with Crippen LogP contribution in [0.5, 0.6) is 0 Å². The SMILES string of the molecule is NNc1ncc(Br)c(Nc2c(F)c(F)cc(F)c2F)n1. The molecule has 0 atom stereocenters. The van der Waals surface area contributed by atoms with Crippen LogP contribution in [-0.2, 0) is 0 Å². The average Bonchev–Trinajstić information content (AvgIpc) is 2.43. The lowest BCUT2D eigenvalue weighted by Crippen LogP contribution is -2.12. The van der Waals surface area contributed by atoms with Crippen molar-refractivity contribution in [3.05, 3.63) is 40.0 Å². The van der Waals surface area contributed by atoms with Crippen molar-refractivity contribution in [2.75, 3.05) is 10.7 Å². The summed E-state index contributed by atoms with van der Waals surface area (Å²) >= 11 is 3.01. The second-order valence-electron chi connectivity index (χ2n) is 3.50. The van der Waals surface area contributed by atoms with E-state index in [0.29, 0.717) is 0 Å². The van der Waals surface area contributed by atoms with E-state index in [4.69, 9.17) is 5.84 Å². The van der Waals surface area contributed by atoms with Crippen LogP contribution in [0.15, 0.2) is 16.7 Å². The molecule has 0 aliphatic rings. The molecule has 0 unspecified atom stereocenters. The Morgan fingerprint density at radius 2 is 1.70 bits per heavy atom. The molecule has 1 aromatic carbocycles. The van der Waals surface area contributed by atoms with Crippen LogP contribution in [0, 0.1) is 23.3 Å². The minimum atomic E-state index is -1.57. The van der Waals surface area contributed by atoms with Gasteiger partial charge in [0.15, 0.2) is 29.1 Å². The van der Waals surface area contributed by atoms with Crippen LogP contribution in [0.3, 0.4) is 0 Å². The van der Waals surface area contributed by atoms with E-state index in [2.05, 4.69) is 36.6 Å². The van der Waals surface area contributed by atoms with E-state index in [0.717, 1.165) is 0 Å². The van der Waals surface area contributed by atoms with Crippen molar-refractivity contribution in [2.45, 2.75) is 0 Å². The van der Waals surface area contributed by atoms with Crippen molar-refractivity contribution in [3.8, 4) is 0 Å². The number of anilines is 3. The molecule has 5 nitrogen and oxygen atoms in total. The summed E-state index contributed by atoms with van der Waals surface area (Å²) in [6.07, 6.45) is 1.23. The van der Waals surface area contributed by atoms with Crippen LogP contribution < -0.4 is 16.6 Å². The van der Waals surface area contributed by atoms with Gasteiger partial charge < -0.3 is 5.32 Å². The van der Waals surface area contributed by atoms with Gasteiger partial charge in [-0.2, -0.15) is 4.98 Å². The molecule has 2 rings (SSSR count). The second-order valence-corrected chi connectivity index (χ2v) is 4.36. The summed E-state index contributed by atoms with van der Waals surface area (Å²) in [5.74, 6) is -1.32. The Morgan fingerprint density at radius 1 is 1.10 bits per heavy atom. The standard InChI is InChI=1S/C10H6BrF4N5/c11-3-2-17-10(20-16)19-9(3)18-8-6(14)4(12)1-5(13)7(8)15/h1-2H,16H2,(H2,17,18,19,20). The maximum atomic E-state index is 13.5. The molecule has 0 amide bonds. The first-order chi connectivity index (χ1) is 9.43. The summed E-state index contributed by atoms with van der Waals surface area (Å²) in [5.41, 5.74) is 1.10. The van der Waals surface area contributed by atoms with Crippen LogP contribution in [0.1, 0.15) is 0 Å². The third-order valence-electron chi connectivity index (χ3n) is 2.23. The smallest absolute Gasteiger partial charge is 0.239 e. The topological polar surface area (TPSA) is 75.9 Å². The zero-order valence-corrected chi connectivity index (χ0v) is 11.1. The number of aromatic nitrogens is 2. The molecular weight excluding hydrogens is 346 g/mol. The number of nitrogen functional groups attached to an aromatic ring is 1. The van der Waals surface area contributed by atoms with Gasteiger partial charge in [0.05, 0.1) is 4.47 Å². The summed E-state index contributed by atoms with van der Waals surface area (Å²) in [7, 11) is 0. The van der Waals surface area contributed by atoms with Crippen molar-refractivity contribution >= 4 is 33.4 Å². The maximum Gasteiger partial charge on any atom is 0.239 e. The first kappa shape index (κ1) is 14.5. The van der Waals surface area contributed by atoms with Gasteiger partial charge >= 0.3 is 0 Å². The molecule has 0 bridgehead atoms. The highest BCUT2D eigenvalue weighted by atomic mass is 79.9. The van der Waals surface area contributed by atoms with Crippen molar-refractivity contribution in [3.63, 3.8) is 0 Å². The fourth-order valence-electron chi connectivity index (χ4n) is 1.33. The lowest BCUT2D eigenvalue weighted by molar-refractivity contribution is 0.459. The number of nitrogens with zero attached hydrogens (tertiary/aromatic N) is 2. The third-order valence-corrected chi connectivity index (χ3v) is 2.81. The molecule has 1 heterocycles. The Hall–Kier alpha value is -1.94. The Kier molecular flexibility index (Phi) is 4.04. The Labute approximate surface area is 118 Å². The number of hydrogen-bond donors (Lipinski definition) is 3. The lowest BCUT2D eigenvalue weighted by Gasteiger charge is -2.11. The van der Waals surface area contributed by atoms with E-state index >= 15 is 0 Å². The fourth-order valence-corrected chi connectivity index (χ4v) is 1.62. The van der Waals surface area contributed by atoms with Crippen molar-refractivity contribution in [1.82, 2.24) is 9.97 Å². The van der Waals surface area contributed by atoms with Gasteiger partial charge in [0.25, 0.3) is 0 Å². The monoisotopic (exact) mass is 351 g/mol. The maximum absolute atomic E-state index is 13.5. The molecular formula is C10H6BrF4N5. The van der Waals surface area contributed by atoms with E-state index in [1.807, 2.05) is 0 Å². The van der Waals surface area contributed by atoms with Crippen LogP contribution in [0.2, 0.25) is 0 Å². The van der Waals surface area contributed by atoms with E-state index in [9.17, 15) is 17.6 Å². The first-order valence-corrected chi connectivity index (χ1v) is 5.82. The highest BCUT2D eigenvalue weighted by molar-refractivity contribution is 9.10. The lowest BCUT2D eigenvalue weighted by atomic mass is 10.2. The highest BCUT2D eigenvalue weighted by Gasteiger charge is 2.20. The number of nitrogens with one attached hydrogen (secondary N) is 2. The largest absolute Gasteiger partial charge is 0.334 e. The molecule has 20 heavy (non-hydrogen) atoms. The zero-order chi connectivity index (χ0) is 14.9. The minimum Gasteiger partial charge on any atom is -0.334 e. The van der Waals surface area contributed by atoms with E-state index < -0.39 is 29.0 Å². The molecule has 0 saturated heterocycles. The summed E-state index contributed by atoms with van der Waals surface area (Å²) in [6.45, 7) is 0. The predicted molar refractivity (Wildman–Crippen MR) is 67.1 cm³/mol. The number of hydrogen-bond acceptors (Lipinski definition) is 5. The van der Waals surface area contributed by atoms with E-state index in [-0.39, 0.29) is 22.3 Å². The number of rotatable bonds is 3. The normalized spacial score (nSPS) is 10.5. The van der Waals surface area contributed by atoms with Gasteiger partial charge in [0.2, 0.25) is 5.95 Å². The Balaban J connectivity index is 2.50. The number of halogens is 5. The minimum absolute atomic E-state index is 0.0617. The predicted octanol–water partition coefficient (Wildman–Crippen LogP) is 2.82. The van der Waals surface area contributed by atoms with Crippen molar-refractivity contribution in [1.29, 1.82) is 0 Å². The van der Waals surface area contributed by atoms with Gasteiger partial charge in [-0.1, -0.05) is 0 Å². The number of benzene rings is 1. The van der Waals surface area contributed by atoms with Crippen LogP contribution in [-0.4, -0.2) is 9.97 Å². The average molecular weight is 352 g/mol. The van der Waals surface area contributed by atoms with Gasteiger partial charge in [0.1, 0.15) is 5.69 Å². The summed E-state index contributed by atoms with van der Waals surface area (Å²) < 4.78 is 53.3. The van der Waals surface area contributed by atoms with Gasteiger partial charge in [-0.3, -0.25) is 5.43 Å². The zero-order valence-electron chi connectivity index (χ0n) is 9.52. The van der Waals surface area contributed by atoms with Crippen molar-refractivity contribution in [2.24, 2.45) is 5.84 Å². The van der Waals surface area contributed by atoms with Gasteiger partial charge in [-0.15, -0.1) is 0 Å². The molecule has 2 aromatic rings. The first-order valence-electron chi connectivity index (χ1n) is 5.03.